The predicted octanol–water partition coefficient (Wildman–Crippen LogP) is 0.328. The standard InChI is InChI=1S/C12H22N4O3/c1-9(13-2)10-14-15-11(19-10)16(3)8-12(17)4-6-18-7-5-12/h9,13,17H,4-8H2,1-3H3. The van der Waals surface area contributed by atoms with Crippen LogP contribution in [-0.4, -0.2) is 54.8 Å². The molecule has 2 N–H and O–H groups in total. The second-order valence-corrected chi connectivity index (χ2v) is 5.13. The van der Waals surface area contributed by atoms with Crippen LogP contribution in [0.25, 0.3) is 0 Å². The van der Waals surface area contributed by atoms with E-state index in [0.29, 0.717) is 44.5 Å². The Kier molecular flexibility index (Phi) is 4.38. The molecule has 0 bridgehead atoms. The minimum Gasteiger partial charge on any atom is -0.406 e. The van der Waals surface area contributed by atoms with E-state index in [1.807, 2.05) is 21.0 Å². The second kappa shape index (κ2) is 5.85. The number of anilines is 1. The molecule has 1 aromatic rings. The zero-order chi connectivity index (χ0) is 13.9. The summed E-state index contributed by atoms with van der Waals surface area (Å²) >= 11 is 0. The number of nitrogens with one attached hydrogen (secondary N) is 1. The van der Waals surface area contributed by atoms with Gasteiger partial charge in [-0.1, -0.05) is 5.10 Å². The number of hydrogen-bond acceptors (Lipinski definition) is 7. The highest BCUT2D eigenvalue weighted by atomic mass is 16.5. The molecule has 0 aliphatic carbocycles. The second-order valence-electron chi connectivity index (χ2n) is 5.13. The van der Waals surface area contributed by atoms with Gasteiger partial charge in [0.25, 0.3) is 0 Å². The highest BCUT2D eigenvalue weighted by Gasteiger charge is 2.32. The number of hydrogen-bond donors (Lipinski definition) is 2. The van der Waals surface area contributed by atoms with E-state index in [1.165, 1.54) is 0 Å². The van der Waals surface area contributed by atoms with Crippen LogP contribution in [0.4, 0.5) is 6.01 Å². The molecule has 1 aliphatic heterocycles. The van der Waals surface area contributed by atoms with Crippen molar-refractivity contribution in [2.24, 2.45) is 0 Å². The Morgan fingerprint density at radius 3 is 2.74 bits per heavy atom. The molecule has 1 unspecified atom stereocenters. The van der Waals surface area contributed by atoms with Gasteiger partial charge in [-0.05, 0) is 14.0 Å². The summed E-state index contributed by atoms with van der Waals surface area (Å²) in [5, 5.41) is 21.5. The van der Waals surface area contributed by atoms with Crippen LogP contribution >= 0.6 is 0 Å². The molecular weight excluding hydrogens is 248 g/mol. The van der Waals surface area contributed by atoms with Gasteiger partial charge in [-0.3, -0.25) is 0 Å². The van der Waals surface area contributed by atoms with Crippen LogP contribution in [0, 0.1) is 0 Å². The summed E-state index contributed by atoms with van der Waals surface area (Å²) in [7, 11) is 3.68. The van der Waals surface area contributed by atoms with Crippen molar-refractivity contribution >= 4 is 6.01 Å². The summed E-state index contributed by atoms with van der Waals surface area (Å²) < 4.78 is 10.8. The van der Waals surface area contributed by atoms with Gasteiger partial charge in [0.1, 0.15) is 0 Å². The van der Waals surface area contributed by atoms with Gasteiger partial charge >= 0.3 is 6.01 Å². The lowest BCUT2D eigenvalue weighted by molar-refractivity contribution is -0.0576. The maximum Gasteiger partial charge on any atom is 0.318 e. The quantitative estimate of drug-likeness (QED) is 0.797. The SMILES string of the molecule is CNC(C)c1nnc(N(C)CC2(O)CCOCC2)o1. The van der Waals surface area contributed by atoms with Crippen molar-refractivity contribution in [2.45, 2.75) is 31.4 Å². The number of rotatable bonds is 5. The van der Waals surface area contributed by atoms with Gasteiger partial charge in [-0.2, -0.15) is 0 Å². The fourth-order valence-corrected chi connectivity index (χ4v) is 2.10. The number of nitrogens with zero attached hydrogens (tertiary/aromatic N) is 3. The monoisotopic (exact) mass is 270 g/mol. The molecule has 0 spiro atoms. The van der Waals surface area contributed by atoms with Crippen molar-refractivity contribution < 1.29 is 14.3 Å². The Bertz CT molecular complexity index is 403. The lowest BCUT2D eigenvalue weighted by Gasteiger charge is -2.34. The zero-order valence-electron chi connectivity index (χ0n) is 11.7. The third-order valence-corrected chi connectivity index (χ3v) is 3.51. The van der Waals surface area contributed by atoms with Crippen LogP contribution < -0.4 is 10.2 Å². The summed E-state index contributed by atoms with van der Waals surface area (Å²) in [5.41, 5.74) is -0.740. The molecule has 2 heterocycles. The molecule has 0 amide bonds. The van der Waals surface area contributed by atoms with Crippen LogP contribution in [0.3, 0.4) is 0 Å². The first kappa shape index (κ1) is 14.2. The third-order valence-electron chi connectivity index (χ3n) is 3.51. The predicted molar refractivity (Wildman–Crippen MR) is 70.0 cm³/mol. The average molecular weight is 270 g/mol. The van der Waals surface area contributed by atoms with Gasteiger partial charge in [0.15, 0.2) is 0 Å². The Morgan fingerprint density at radius 1 is 1.42 bits per heavy atom. The van der Waals surface area contributed by atoms with Crippen molar-refractivity contribution in [2.75, 3.05) is 38.8 Å². The molecule has 0 radical (unpaired) electrons. The summed E-state index contributed by atoms with van der Waals surface area (Å²) in [6.45, 7) is 3.60. The van der Waals surface area contributed by atoms with Gasteiger partial charge in [0.2, 0.25) is 5.89 Å². The topological polar surface area (TPSA) is 83.7 Å². The van der Waals surface area contributed by atoms with Gasteiger partial charge in [0.05, 0.1) is 18.2 Å². The normalized spacial score (nSPS) is 20.2. The lowest BCUT2D eigenvalue weighted by atomic mass is 9.94. The van der Waals surface area contributed by atoms with Crippen LogP contribution in [0.5, 0.6) is 0 Å². The van der Waals surface area contributed by atoms with Gasteiger partial charge in [0, 0.05) is 33.1 Å². The van der Waals surface area contributed by atoms with Crippen molar-refractivity contribution in [1.29, 1.82) is 0 Å². The van der Waals surface area contributed by atoms with Crippen molar-refractivity contribution in [3.05, 3.63) is 5.89 Å². The van der Waals surface area contributed by atoms with E-state index < -0.39 is 5.60 Å². The molecule has 7 nitrogen and oxygen atoms in total. The largest absolute Gasteiger partial charge is 0.406 e. The molecule has 1 atom stereocenters. The van der Waals surface area contributed by atoms with Crippen LogP contribution in [-0.2, 0) is 4.74 Å². The third kappa shape index (κ3) is 3.43. The molecule has 0 saturated carbocycles. The fraction of sp³-hybridized carbons (Fsp3) is 0.833. The highest BCUT2D eigenvalue weighted by molar-refractivity contribution is 5.23. The van der Waals surface area contributed by atoms with E-state index in [4.69, 9.17) is 9.15 Å². The van der Waals surface area contributed by atoms with E-state index in [2.05, 4.69) is 15.5 Å². The number of aromatic nitrogens is 2. The van der Waals surface area contributed by atoms with Crippen molar-refractivity contribution in [3.63, 3.8) is 0 Å². The number of likely N-dealkylation sites (N-methyl/N-ethyl adjacent to an activating group) is 1. The van der Waals surface area contributed by atoms with Gasteiger partial charge in [-0.25, -0.2) is 0 Å². The molecule has 2 rings (SSSR count). The molecule has 108 valence electrons. The summed E-state index contributed by atoms with van der Waals surface area (Å²) in [6, 6.07) is 0.442. The van der Waals surface area contributed by atoms with E-state index >= 15 is 0 Å². The van der Waals surface area contributed by atoms with E-state index in [9.17, 15) is 5.11 Å². The van der Waals surface area contributed by atoms with Crippen LogP contribution in [0.1, 0.15) is 31.7 Å². The fourth-order valence-electron chi connectivity index (χ4n) is 2.10. The molecule has 1 saturated heterocycles. The maximum atomic E-state index is 10.4. The Morgan fingerprint density at radius 2 is 2.11 bits per heavy atom. The molecular formula is C12H22N4O3. The first-order chi connectivity index (χ1) is 9.04. The Labute approximate surface area is 112 Å². The number of ether oxygens (including phenoxy) is 1. The number of aliphatic hydroxyl groups is 1. The average Bonchev–Trinajstić information content (AvgIpc) is 2.88. The summed E-state index contributed by atoms with van der Waals surface area (Å²) in [4.78, 5) is 1.80. The van der Waals surface area contributed by atoms with E-state index in [1.54, 1.807) is 4.90 Å². The molecule has 7 heteroatoms. The Balaban J connectivity index is 1.99. The first-order valence-corrected chi connectivity index (χ1v) is 6.56. The molecule has 0 aromatic carbocycles. The zero-order valence-corrected chi connectivity index (χ0v) is 11.7. The first-order valence-electron chi connectivity index (χ1n) is 6.56. The lowest BCUT2D eigenvalue weighted by Crippen LogP contribution is -2.45. The molecule has 1 aliphatic rings. The molecule has 19 heavy (non-hydrogen) atoms. The van der Waals surface area contributed by atoms with Crippen LogP contribution in [0.2, 0.25) is 0 Å². The summed E-state index contributed by atoms with van der Waals surface area (Å²) in [6.07, 6.45) is 1.26. The maximum absolute atomic E-state index is 10.4. The molecule has 1 fully saturated rings. The van der Waals surface area contributed by atoms with Crippen LogP contribution in [0.15, 0.2) is 4.42 Å². The van der Waals surface area contributed by atoms with Crippen molar-refractivity contribution in [3.8, 4) is 0 Å². The van der Waals surface area contributed by atoms with Gasteiger partial charge in [-0.15, -0.1) is 5.10 Å². The Hall–Kier alpha value is -1.18. The minimum absolute atomic E-state index is 0.0146. The summed E-state index contributed by atoms with van der Waals surface area (Å²) in [5.74, 6) is 0.545. The minimum atomic E-state index is -0.740. The van der Waals surface area contributed by atoms with Crippen molar-refractivity contribution in [1.82, 2.24) is 15.5 Å². The van der Waals surface area contributed by atoms with E-state index in [0.717, 1.165) is 0 Å². The smallest absolute Gasteiger partial charge is 0.318 e. The van der Waals surface area contributed by atoms with Gasteiger partial charge < -0.3 is 24.5 Å². The highest BCUT2D eigenvalue weighted by Crippen LogP contribution is 2.24. The van der Waals surface area contributed by atoms with E-state index in [-0.39, 0.29) is 6.04 Å². The molecule has 1 aromatic heterocycles.